The SMILES string of the molecule is CC(NC(=O)C1CCCN1)C1CCN(Cc2ccccc2)C1. The van der Waals surface area contributed by atoms with Crippen molar-refractivity contribution in [3.8, 4) is 0 Å². The number of nitrogens with one attached hydrogen (secondary N) is 2. The van der Waals surface area contributed by atoms with Crippen LogP contribution in [0.15, 0.2) is 30.3 Å². The molecule has 2 aliphatic rings. The maximum atomic E-state index is 12.2. The molecule has 0 aromatic heterocycles. The average molecular weight is 301 g/mol. The van der Waals surface area contributed by atoms with E-state index in [9.17, 15) is 4.79 Å². The Hall–Kier alpha value is -1.39. The summed E-state index contributed by atoms with van der Waals surface area (Å²) in [5, 5.41) is 6.49. The van der Waals surface area contributed by atoms with Gasteiger partial charge in [-0.05, 0) is 50.8 Å². The van der Waals surface area contributed by atoms with Crippen LogP contribution in [0, 0.1) is 5.92 Å². The van der Waals surface area contributed by atoms with Gasteiger partial charge in [0.05, 0.1) is 6.04 Å². The summed E-state index contributed by atoms with van der Waals surface area (Å²) in [4.78, 5) is 14.7. The van der Waals surface area contributed by atoms with E-state index in [1.165, 1.54) is 12.0 Å². The van der Waals surface area contributed by atoms with Crippen LogP contribution < -0.4 is 10.6 Å². The molecule has 0 radical (unpaired) electrons. The fourth-order valence-electron chi connectivity index (χ4n) is 3.61. The minimum absolute atomic E-state index is 0.0317. The Morgan fingerprint density at radius 1 is 1.36 bits per heavy atom. The zero-order valence-electron chi connectivity index (χ0n) is 13.4. The Labute approximate surface area is 133 Å². The minimum Gasteiger partial charge on any atom is -0.352 e. The molecule has 22 heavy (non-hydrogen) atoms. The highest BCUT2D eigenvalue weighted by Gasteiger charge is 2.30. The summed E-state index contributed by atoms with van der Waals surface area (Å²) < 4.78 is 0. The molecule has 2 N–H and O–H groups in total. The number of hydrogen-bond acceptors (Lipinski definition) is 3. The highest BCUT2D eigenvalue weighted by molar-refractivity contribution is 5.82. The fourth-order valence-corrected chi connectivity index (χ4v) is 3.61. The third-order valence-electron chi connectivity index (χ3n) is 5.01. The van der Waals surface area contributed by atoms with Crippen molar-refractivity contribution in [2.75, 3.05) is 19.6 Å². The third-order valence-corrected chi connectivity index (χ3v) is 5.01. The van der Waals surface area contributed by atoms with Crippen LogP contribution in [0.5, 0.6) is 0 Å². The van der Waals surface area contributed by atoms with E-state index >= 15 is 0 Å². The summed E-state index contributed by atoms with van der Waals surface area (Å²) in [5.41, 5.74) is 1.37. The second kappa shape index (κ2) is 7.25. The smallest absolute Gasteiger partial charge is 0.237 e. The number of amides is 1. The molecule has 1 aromatic carbocycles. The number of carbonyl (C=O) groups excluding carboxylic acids is 1. The van der Waals surface area contributed by atoms with Gasteiger partial charge in [-0.3, -0.25) is 9.69 Å². The van der Waals surface area contributed by atoms with Crippen molar-refractivity contribution in [2.24, 2.45) is 5.92 Å². The normalized spacial score (nSPS) is 27.0. The van der Waals surface area contributed by atoms with Crippen LogP contribution in [0.2, 0.25) is 0 Å². The summed E-state index contributed by atoms with van der Waals surface area (Å²) in [5.74, 6) is 0.751. The fraction of sp³-hybridized carbons (Fsp3) is 0.611. The third kappa shape index (κ3) is 3.87. The predicted molar refractivity (Wildman–Crippen MR) is 88.5 cm³/mol. The average Bonchev–Trinajstić information content (AvgIpc) is 3.19. The molecule has 4 nitrogen and oxygen atoms in total. The Morgan fingerprint density at radius 2 is 2.18 bits per heavy atom. The second-order valence-electron chi connectivity index (χ2n) is 6.72. The summed E-state index contributed by atoms with van der Waals surface area (Å²) in [6, 6.07) is 10.9. The van der Waals surface area contributed by atoms with E-state index in [2.05, 4.69) is 52.8 Å². The first-order chi connectivity index (χ1) is 10.7. The van der Waals surface area contributed by atoms with Crippen LogP contribution in [0.3, 0.4) is 0 Å². The molecule has 2 fully saturated rings. The molecule has 0 saturated carbocycles. The Kier molecular flexibility index (Phi) is 5.11. The molecular weight excluding hydrogens is 274 g/mol. The highest BCUT2D eigenvalue weighted by Crippen LogP contribution is 2.22. The second-order valence-corrected chi connectivity index (χ2v) is 6.72. The van der Waals surface area contributed by atoms with Crippen LogP contribution in [0.4, 0.5) is 0 Å². The molecule has 2 aliphatic heterocycles. The lowest BCUT2D eigenvalue weighted by Gasteiger charge is -2.23. The first-order valence-corrected chi connectivity index (χ1v) is 8.52. The van der Waals surface area contributed by atoms with Gasteiger partial charge >= 0.3 is 0 Å². The molecule has 0 spiro atoms. The summed E-state index contributed by atoms with van der Waals surface area (Å²) >= 11 is 0. The molecule has 1 amide bonds. The van der Waals surface area contributed by atoms with Crippen molar-refractivity contribution in [1.82, 2.24) is 15.5 Å². The van der Waals surface area contributed by atoms with Gasteiger partial charge in [-0.25, -0.2) is 0 Å². The van der Waals surface area contributed by atoms with E-state index in [0.29, 0.717) is 5.92 Å². The molecule has 0 bridgehead atoms. The first kappa shape index (κ1) is 15.5. The van der Waals surface area contributed by atoms with E-state index in [0.717, 1.165) is 39.0 Å². The van der Waals surface area contributed by atoms with Gasteiger partial charge in [-0.1, -0.05) is 30.3 Å². The topological polar surface area (TPSA) is 44.4 Å². The van der Waals surface area contributed by atoms with E-state index in [1.807, 2.05) is 0 Å². The zero-order valence-corrected chi connectivity index (χ0v) is 13.4. The molecule has 2 heterocycles. The van der Waals surface area contributed by atoms with Crippen molar-refractivity contribution < 1.29 is 4.79 Å². The monoisotopic (exact) mass is 301 g/mol. The lowest BCUT2D eigenvalue weighted by Crippen LogP contribution is -2.47. The lowest BCUT2D eigenvalue weighted by molar-refractivity contribution is -0.123. The summed E-state index contributed by atoms with van der Waals surface area (Å²) in [6.07, 6.45) is 3.26. The van der Waals surface area contributed by atoms with E-state index in [4.69, 9.17) is 0 Å². The standard InChI is InChI=1S/C18H27N3O/c1-14(20-18(22)17-8-5-10-19-17)16-9-11-21(13-16)12-15-6-3-2-4-7-15/h2-4,6-7,14,16-17,19H,5,8-13H2,1H3,(H,20,22). The van der Waals surface area contributed by atoms with Crippen molar-refractivity contribution in [1.29, 1.82) is 0 Å². The van der Waals surface area contributed by atoms with E-state index in [1.54, 1.807) is 0 Å². The number of nitrogens with zero attached hydrogens (tertiary/aromatic N) is 1. The van der Waals surface area contributed by atoms with Gasteiger partial charge in [0.25, 0.3) is 0 Å². The number of benzene rings is 1. The van der Waals surface area contributed by atoms with E-state index in [-0.39, 0.29) is 18.0 Å². The van der Waals surface area contributed by atoms with Crippen molar-refractivity contribution >= 4 is 5.91 Å². The molecule has 3 rings (SSSR count). The maximum Gasteiger partial charge on any atom is 0.237 e. The molecule has 3 atom stereocenters. The van der Waals surface area contributed by atoms with Gasteiger partial charge in [0.15, 0.2) is 0 Å². The lowest BCUT2D eigenvalue weighted by atomic mass is 10.00. The van der Waals surface area contributed by atoms with Crippen LogP contribution in [0.1, 0.15) is 31.7 Å². The van der Waals surface area contributed by atoms with Crippen LogP contribution in [0.25, 0.3) is 0 Å². The zero-order chi connectivity index (χ0) is 15.4. The van der Waals surface area contributed by atoms with Crippen LogP contribution in [-0.4, -0.2) is 42.5 Å². The minimum atomic E-state index is 0.0317. The Balaban J connectivity index is 1.46. The van der Waals surface area contributed by atoms with Gasteiger partial charge in [0.1, 0.15) is 0 Å². The van der Waals surface area contributed by atoms with Crippen molar-refractivity contribution in [3.63, 3.8) is 0 Å². The molecule has 3 unspecified atom stereocenters. The summed E-state index contributed by atoms with van der Waals surface area (Å²) in [7, 11) is 0. The number of likely N-dealkylation sites (tertiary alicyclic amines) is 1. The Morgan fingerprint density at radius 3 is 2.91 bits per heavy atom. The van der Waals surface area contributed by atoms with Gasteiger partial charge < -0.3 is 10.6 Å². The first-order valence-electron chi connectivity index (χ1n) is 8.52. The molecule has 120 valence electrons. The number of hydrogen-bond donors (Lipinski definition) is 2. The molecule has 2 saturated heterocycles. The molecular formula is C18H27N3O. The largest absolute Gasteiger partial charge is 0.352 e. The molecule has 0 aliphatic carbocycles. The van der Waals surface area contributed by atoms with Gasteiger partial charge in [0.2, 0.25) is 5.91 Å². The van der Waals surface area contributed by atoms with Crippen LogP contribution >= 0.6 is 0 Å². The van der Waals surface area contributed by atoms with Gasteiger partial charge in [-0.2, -0.15) is 0 Å². The van der Waals surface area contributed by atoms with Crippen LogP contribution in [-0.2, 0) is 11.3 Å². The van der Waals surface area contributed by atoms with Gasteiger partial charge in [-0.15, -0.1) is 0 Å². The predicted octanol–water partition coefficient (Wildman–Crippen LogP) is 1.77. The number of carbonyl (C=O) groups is 1. The summed E-state index contributed by atoms with van der Waals surface area (Å²) in [6.45, 7) is 6.35. The molecule has 1 aromatic rings. The Bertz CT molecular complexity index is 484. The van der Waals surface area contributed by atoms with E-state index < -0.39 is 0 Å². The van der Waals surface area contributed by atoms with Crippen molar-refractivity contribution in [3.05, 3.63) is 35.9 Å². The van der Waals surface area contributed by atoms with Gasteiger partial charge in [0, 0.05) is 19.1 Å². The highest BCUT2D eigenvalue weighted by atomic mass is 16.2. The van der Waals surface area contributed by atoms with Crippen molar-refractivity contribution in [2.45, 2.75) is 44.8 Å². The quantitative estimate of drug-likeness (QED) is 0.871. The maximum absolute atomic E-state index is 12.2. The molecule has 4 heteroatoms. The number of rotatable bonds is 5.